The van der Waals surface area contributed by atoms with Crippen LogP contribution in [-0.2, 0) is 10.0 Å². The van der Waals surface area contributed by atoms with Gasteiger partial charge in [0.2, 0.25) is 5.95 Å². The third kappa shape index (κ3) is 3.40. The van der Waals surface area contributed by atoms with Crippen molar-refractivity contribution in [3.05, 3.63) is 40.4 Å². The van der Waals surface area contributed by atoms with Gasteiger partial charge in [-0.3, -0.25) is 0 Å². The van der Waals surface area contributed by atoms with Crippen molar-refractivity contribution in [2.75, 3.05) is 10.5 Å². The summed E-state index contributed by atoms with van der Waals surface area (Å²) in [6, 6.07) is 3.56. The largest absolute Gasteiger partial charge is 0.398 e. The van der Waals surface area contributed by atoms with Crippen molar-refractivity contribution in [1.82, 2.24) is 9.97 Å². The van der Waals surface area contributed by atoms with E-state index in [4.69, 9.17) is 17.3 Å². The Morgan fingerprint density at radius 1 is 1.24 bits per heavy atom. The first-order valence-electron chi connectivity index (χ1n) is 5.78. The Hall–Kier alpha value is -1.93. The van der Waals surface area contributed by atoms with Gasteiger partial charge in [-0.1, -0.05) is 11.6 Å². The van der Waals surface area contributed by atoms with Crippen molar-refractivity contribution in [2.45, 2.75) is 18.7 Å². The first-order valence-corrected chi connectivity index (χ1v) is 7.65. The maximum Gasteiger partial charge on any atom is 0.267 e. The molecule has 1 aromatic heterocycles. The fourth-order valence-corrected chi connectivity index (χ4v) is 2.90. The molecule has 1 heterocycles. The van der Waals surface area contributed by atoms with Gasteiger partial charge in [-0.2, -0.15) is 0 Å². The minimum atomic E-state index is -4.21. The SMILES string of the molecule is Cc1cc(Cl)nc(NS(=O)(=O)c2cc(N)c(C)cc2F)n1. The summed E-state index contributed by atoms with van der Waals surface area (Å²) in [5, 5.41) is 0.0732. The van der Waals surface area contributed by atoms with Crippen molar-refractivity contribution in [3.63, 3.8) is 0 Å². The molecule has 2 aromatic rings. The van der Waals surface area contributed by atoms with Gasteiger partial charge in [0.1, 0.15) is 15.9 Å². The van der Waals surface area contributed by atoms with Crippen LogP contribution in [0.1, 0.15) is 11.3 Å². The number of anilines is 2. The van der Waals surface area contributed by atoms with Crippen LogP contribution in [0.4, 0.5) is 16.0 Å². The third-order valence-corrected chi connectivity index (χ3v) is 4.20. The lowest BCUT2D eigenvalue weighted by Gasteiger charge is -2.10. The first-order chi connectivity index (χ1) is 9.69. The smallest absolute Gasteiger partial charge is 0.267 e. The van der Waals surface area contributed by atoms with Crippen LogP contribution in [0.3, 0.4) is 0 Å². The average Bonchev–Trinajstić information content (AvgIpc) is 2.31. The number of nitrogens with one attached hydrogen (secondary N) is 1. The molecule has 6 nitrogen and oxygen atoms in total. The number of aromatic nitrogens is 2. The molecule has 0 saturated heterocycles. The topological polar surface area (TPSA) is 98.0 Å². The van der Waals surface area contributed by atoms with Crippen molar-refractivity contribution in [3.8, 4) is 0 Å². The molecule has 0 radical (unpaired) electrons. The highest BCUT2D eigenvalue weighted by Gasteiger charge is 2.22. The van der Waals surface area contributed by atoms with Crippen molar-refractivity contribution >= 4 is 33.3 Å². The molecule has 0 aliphatic heterocycles. The zero-order valence-corrected chi connectivity index (χ0v) is 12.8. The van der Waals surface area contributed by atoms with Crippen molar-refractivity contribution in [2.24, 2.45) is 0 Å². The van der Waals surface area contributed by atoms with Gasteiger partial charge in [0.05, 0.1) is 0 Å². The lowest BCUT2D eigenvalue weighted by atomic mass is 10.2. The van der Waals surface area contributed by atoms with E-state index in [1.165, 1.54) is 6.07 Å². The molecule has 2 rings (SSSR count). The van der Waals surface area contributed by atoms with E-state index in [0.717, 1.165) is 12.1 Å². The number of nitrogens with two attached hydrogens (primary N) is 1. The lowest BCUT2D eigenvalue weighted by molar-refractivity contribution is 0.569. The minimum absolute atomic E-state index is 0.0732. The van der Waals surface area contributed by atoms with Gasteiger partial charge in [-0.05, 0) is 37.6 Å². The van der Waals surface area contributed by atoms with Gasteiger partial charge in [-0.15, -0.1) is 0 Å². The Balaban J connectivity index is 2.45. The van der Waals surface area contributed by atoms with E-state index in [0.29, 0.717) is 11.3 Å². The number of rotatable bonds is 3. The van der Waals surface area contributed by atoms with E-state index in [1.54, 1.807) is 13.8 Å². The summed E-state index contributed by atoms with van der Waals surface area (Å²) in [5.41, 5.74) is 6.70. The highest BCUT2D eigenvalue weighted by molar-refractivity contribution is 7.92. The predicted octanol–water partition coefficient (Wildman–Crippen LogP) is 2.27. The number of aryl methyl sites for hydroxylation is 2. The van der Waals surface area contributed by atoms with Gasteiger partial charge in [0, 0.05) is 11.4 Å². The van der Waals surface area contributed by atoms with Crippen LogP contribution in [0.25, 0.3) is 0 Å². The van der Waals surface area contributed by atoms with Crippen LogP contribution < -0.4 is 10.5 Å². The van der Waals surface area contributed by atoms with Crippen molar-refractivity contribution in [1.29, 1.82) is 0 Å². The Bertz CT molecular complexity index is 791. The maximum atomic E-state index is 13.8. The second-order valence-electron chi connectivity index (χ2n) is 4.40. The molecule has 0 amide bonds. The van der Waals surface area contributed by atoms with Gasteiger partial charge in [0.15, 0.2) is 0 Å². The molecule has 0 spiro atoms. The van der Waals surface area contributed by atoms with E-state index in [1.807, 2.05) is 0 Å². The number of nitrogen functional groups attached to an aromatic ring is 1. The number of halogens is 2. The van der Waals surface area contributed by atoms with Crippen LogP contribution in [0.15, 0.2) is 23.1 Å². The Labute approximate surface area is 126 Å². The van der Waals surface area contributed by atoms with Gasteiger partial charge < -0.3 is 5.73 Å². The van der Waals surface area contributed by atoms with Crippen LogP contribution in [0, 0.1) is 19.7 Å². The van der Waals surface area contributed by atoms with E-state index < -0.39 is 20.7 Å². The second-order valence-corrected chi connectivity index (χ2v) is 6.44. The van der Waals surface area contributed by atoms with Crippen LogP contribution >= 0.6 is 11.6 Å². The Morgan fingerprint density at radius 2 is 1.90 bits per heavy atom. The zero-order valence-electron chi connectivity index (χ0n) is 11.2. The molecular formula is C12H12ClFN4O2S. The quantitative estimate of drug-likeness (QED) is 0.664. The van der Waals surface area contributed by atoms with E-state index in [9.17, 15) is 12.8 Å². The normalized spacial score (nSPS) is 11.4. The molecule has 0 saturated carbocycles. The molecule has 112 valence electrons. The molecule has 0 aliphatic carbocycles. The first kappa shape index (κ1) is 15.5. The summed E-state index contributed by atoms with van der Waals surface area (Å²) in [5.74, 6) is -1.15. The predicted molar refractivity (Wildman–Crippen MR) is 78.1 cm³/mol. The van der Waals surface area contributed by atoms with Gasteiger partial charge >= 0.3 is 0 Å². The number of sulfonamides is 1. The average molecular weight is 331 g/mol. The van der Waals surface area contributed by atoms with Crippen LogP contribution in [0.2, 0.25) is 5.15 Å². The molecule has 21 heavy (non-hydrogen) atoms. The molecule has 0 fully saturated rings. The Kier molecular flexibility index (Phi) is 4.02. The summed E-state index contributed by atoms with van der Waals surface area (Å²) in [6.45, 7) is 3.20. The molecule has 9 heteroatoms. The molecule has 0 atom stereocenters. The fraction of sp³-hybridized carbons (Fsp3) is 0.167. The number of hydrogen-bond acceptors (Lipinski definition) is 5. The fourth-order valence-electron chi connectivity index (χ4n) is 1.63. The lowest BCUT2D eigenvalue weighted by Crippen LogP contribution is -2.17. The van der Waals surface area contributed by atoms with Crippen molar-refractivity contribution < 1.29 is 12.8 Å². The summed E-state index contributed by atoms with van der Waals surface area (Å²) in [6.07, 6.45) is 0. The van der Waals surface area contributed by atoms with Crippen LogP contribution in [-0.4, -0.2) is 18.4 Å². The maximum absolute atomic E-state index is 13.8. The monoisotopic (exact) mass is 330 g/mol. The van der Waals surface area contributed by atoms with Gasteiger partial charge in [0.25, 0.3) is 10.0 Å². The molecule has 0 unspecified atom stereocenters. The minimum Gasteiger partial charge on any atom is -0.398 e. The zero-order chi connectivity index (χ0) is 15.8. The second kappa shape index (κ2) is 5.45. The van der Waals surface area contributed by atoms with E-state index >= 15 is 0 Å². The highest BCUT2D eigenvalue weighted by Crippen LogP contribution is 2.23. The summed E-state index contributed by atoms with van der Waals surface area (Å²) < 4.78 is 40.3. The molecule has 1 aromatic carbocycles. The van der Waals surface area contributed by atoms with E-state index in [-0.39, 0.29) is 16.8 Å². The highest BCUT2D eigenvalue weighted by atomic mass is 35.5. The Morgan fingerprint density at radius 3 is 2.52 bits per heavy atom. The standard InChI is InChI=1S/C12H12ClFN4O2S/c1-6-3-8(14)10(5-9(6)15)21(19,20)18-12-16-7(2)4-11(13)17-12/h3-5H,15H2,1-2H3,(H,16,17,18). The van der Waals surface area contributed by atoms with Gasteiger partial charge in [-0.25, -0.2) is 27.5 Å². The molecule has 3 N–H and O–H groups in total. The molecule has 0 aliphatic rings. The molecule has 0 bridgehead atoms. The van der Waals surface area contributed by atoms with E-state index in [2.05, 4.69) is 14.7 Å². The summed E-state index contributed by atoms with van der Waals surface area (Å²) in [4.78, 5) is 7.02. The molecular weight excluding hydrogens is 319 g/mol. The summed E-state index contributed by atoms with van der Waals surface area (Å²) >= 11 is 5.72. The number of nitrogens with zero attached hydrogens (tertiary/aromatic N) is 2. The van der Waals surface area contributed by atoms with Crippen LogP contribution in [0.5, 0.6) is 0 Å². The number of hydrogen-bond donors (Lipinski definition) is 2. The summed E-state index contributed by atoms with van der Waals surface area (Å²) in [7, 11) is -4.21. The number of benzene rings is 1. The third-order valence-electron chi connectivity index (χ3n) is 2.66.